The highest BCUT2D eigenvalue weighted by Crippen LogP contribution is 2.19. The third-order valence-electron chi connectivity index (χ3n) is 4.40. The first-order valence-electron chi connectivity index (χ1n) is 9.47. The lowest BCUT2D eigenvalue weighted by atomic mass is 10.3. The van der Waals surface area contributed by atoms with Gasteiger partial charge in [0.1, 0.15) is 11.6 Å². The average molecular weight is 365 g/mol. The van der Waals surface area contributed by atoms with Crippen molar-refractivity contribution in [2.75, 3.05) is 31.6 Å². The Kier molecular flexibility index (Phi) is 6.82. The molecular weight excluding hydrogens is 338 g/mol. The molecule has 0 bridgehead atoms. The predicted octanol–water partition coefficient (Wildman–Crippen LogP) is 4.12. The minimum absolute atomic E-state index is 0.564. The number of nitrogens with zero attached hydrogens (tertiary/aromatic N) is 4. The zero-order valence-electron chi connectivity index (χ0n) is 16.0. The number of aromatic nitrogens is 3. The van der Waals surface area contributed by atoms with Crippen LogP contribution in [0.1, 0.15) is 20.3 Å². The number of ether oxygens (including phenoxy) is 1. The first-order valence-corrected chi connectivity index (χ1v) is 9.47. The highest BCUT2D eigenvalue weighted by Gasteiger charge is 2.03. The van der Waals surface area contributed by atoms with Gasteiger partial charge in [0, 0.05) is 30.8 Å². The van der Waals surface area contributed by atoms with Crippen molar-refractivity contribution in [1.29, 1.82) is 0 Å². The van der Waals surface area contributed by atoms with E-state index >= 15 is 0 Å². The minimum Gasteiger partial charge on any atom is -0.494 e. The van der Waals surface area contributed by atoms with Gasteiger partial charge in [-0.2, -0.15) is 4.98 Å². The lowest BCUT2D eigenvalue weighted by molar-refractivity contribution is 0.249. The van der Waals surface area contributed by atoms with Crippen LogP contribution in [-0.4, -0.2) is 45.7 Å². The Morgan fingerprint density at radius 3 is 2.48 bits per heavy atom. The van der Waals surface area contributed by atoms with Crippen LogP contribution in [0.2, 0.25) is 0 Å². The minimum atomic E-state index is 0.564. The van der Waals surface area contributed by atoms with Crippen molar-refractivity contribution in [3.63, 3.8) is 0 Å². The van der Waals surface area contributed by atoms with Crippen LogP contribution in [-0.2, 0) is 0 Å². The van der Waals surface area contributed by atoms with Crippen molar-refractivity contribution in [1.82, 2.24) is 19.4 Å². The third-order valence-corrected chi connectivity index (χ3v) is 4.40. The second-order valence-electron chi connectivity index (χ2n) is 6.21. The normalized spacial score (nSPS) is 10.9. The van der Waals surface area contributed by atoms with E-state index in [2.05, 4.69) is 34.0 Å². The van der Waals surface area contributed by atoms with Crippen LogP contribution < -0.4 is 10.1 Å². The molecule has 1 N–H and O–H groups in total. The van der Waals surface area contributed by atoms with Crippen molar-refractivity contribution in [3.05, 3.63) is 61.1 Å². The van der Waals surface area contributed by atoms with E-state index in [1.807, 2.05) is 59.4 Å². The van der Waals surface area contributed by atoms with Gasteiger partial charge in [0.25, 0.3) is 0 Å². The largest absolute Gasteiger partial charge is 0.494 e. The standard InChI is InChI=1S/C21H27N5O/c1-3-25(4-2)14-7-17-27-19-10-8-18(9-11-19)23-21-22-13-12-20(24-21)26-15-5-6-16-26/h5-6,8-13,15-16H,3-4,7,14,17H2,1-2H3,(H,22,23,24). The summed E-state index contributed by atoms with van der Waals surface area (Å²) < 4.78 is 7.78. The zero-order chi connectivity index (χ0) is 18.9. The van der Waals surface area contributed by atoms with E-state index < -0.39 is 0 Å². The van der Waals surface area contributed by atoms with Crippen LogP contribution in [0.5, 0.6) is 5.75 Å². The molecule has 142 valence electrons. The Bertz CT molecular complexity index is 798. The van der Waals surface area contributed by atoms with Crippen LogP contribution in [0.15, 0.2) is 61.1 Å². The molecule has 27 heavy (non-hydrogen) atoms. The molecule has 3 rings (SSSR count). The van der Waals surface area contributed by atoms with Crippen molar-refractivity contribution in [2.24, 2.45) is 0 Å². The molecule has 1 aromatic carbocycles. The summed E-state index contributed by atoms with van der Waals surface area (Å²) in [5.41, 5.74) is 0.926. The number of nitrogens with one attached hydrogen (secondary N) is 1. The molecule has 2 aromatic heterocycles. The maximum absolute atomic E-state index is 5.83. The molecule has 0 amide bonds. The number of hydrogen-bond donors (Lipinski definition) is 1. The predicted molar refractivity (Wildman–Crippen MR) is 109 cm³/mol. The molecule has 0 fully saturated rings. The Labute approximate surface area is 160 Å². The number of benzene rings is 1. The molecule has 0 aliphatic carbocycles. The van der Waals surface area contributed by atoms with Gasteiger partial charge in [-0.05, 0) is 62.0 Å². The van der Waals surface area contributed by atoms with Gasteiger partial charge in [0.15, 0.2) is 0 Å². The van der Waals surface area contributed by atoms with E-state index in [0.29, 0.717) is 5.95 Å². The molecule has 0 saturated heterocycles. The van der Waals surface area contributed by atoms with E-state index in [-0.39, 0.29) is 0 Å². The van der Waals surface area contributed by atoms with Crippen molar-refractivity contribution in [2.45, 2.75) is 20.3 Å². The monoisotopic (exact) mass is 365 g/mol. The molecule has 6 nitrogen and oxygen atoms in total. The molecule has 0 aliphatic heterocycles. The van der Waals surface area contributed by atoms with Crippen LogP contribution in [0.25, 0.3) is 5.82 Å². The second kappa shape index (κ2) is 9.73. The molecule has 0 radical (unpaired) electrons. The first-order chi connectivity index (χ1) is 13.3. The van der Waals surface area contributed by atoms with Crippen molar-refractivity contribution < 1.29 is 4.74 Å². The third kappa shape index (κ3) is 5.56. The molecule has 0 atom stereocenters. The topological polar surface area (TPSA) is 55.2 Å². The summed E-state index contributed by atoms with van der Waals surface area (Å²) in [5, 5.41) is 3.23. The van der Waals surface area contributed by atoms with Crippen molar-refractivity contribution >= 4 is 11.6 Å². The van der Waals surface area contributed by atoms with Crippen LogP contribution >= 0.6 is 0 Å². The molecule has 0 saturated carbocycles. The van der Waals surface area contributed by atoms with E-state index in [9.17, 15) is 0 Å². The molecule has 0 spiro atoms. The maximum atomic E-state index is 5.83. The SMILES string of the molecule is CCN(CC)CCCOc1ccc(Nc2nccc(-n3cccc3)n2)cc1. The second-order valence-corrected chi connectivity index (χ2v) is 6.21. The van der Waals surface area contributed by atoms with Crippen molar-refractivity contribution in [3.8, 4) is 11.6 Å². The fourth-order valence-electron chi connectivity index (χ4n) is 2.82. The van der Waals surface area contributed by atoms with E-state index in [1.54, 1.807) is 6.20 Å². The van der Waals surface area contributed by atoms with E-state index in [0.717, 1.165) is 49.9 Å². The summed E-state index contributed by atoms with van der Waals surface area (Å²) in [6.07, 6.45) is 6.69. The fourth-order valence-corrected chi connectivity index (χ4v) is 2.82. The Morgan fingerprint density at radius 1 is 1.04 bits per heavy atom. The lowest BCUT2D eigenvalue weighted by Crippen LogP contribution is -2.25. The van der Waals surface area contributed by atoms with Gasteiger partial charge in [-0.1, -0.05) is 13.8 Å². The lowest BCUT2D eigenvalue weighted by Gasteiger charge is -2.17. The van der Waals surface area contributed by atoms with Crippen LogP contribution in [0, 0.1) is 0 Å². The smallest absolute Gasteiger partial charge is 0.229 e. The Balaban J connectivity index is 1.51. The number of hydrogen-bond acceptors (Lipinski definition) is 5. The van der Waals surface area contributed by atoms with Gasteiger partial charge in [-0.15, -0.1) is 0 Å². The van der Waals surface area contributed by atoms with Gasteiger partial charge in [-0.3, -0.25) is 0 Å². The molecule has 0 unspecified atom stereocenters. The molecule has 2 heterocycles. The zero-order valence-corrected chi connectivity index (χ0v) is 16.0. The first kappa shape index (κ1) is 18.9. The van der Waals surface area contributed by atoms with Gasteiger partial charge < -0.3 is 19.5 Å². The summed E-state index contributed by atoms with van der Waals surface area (Å²) in [5.74, 6) is 2.27. The summed E-state index contributed by atoms with van der Waals surface area (Å²) in [4.78, 5) is 11.2. The molecule has 6 heteroatoms. The summed E-state index contributed by atoms with van der Waals surface area (Å²) in [6.45, 7) is 8.35. The van der Waals surface area contributed by atoms with Gasteiger partial charge in [-0.25, -0.2) is 4.98 Å². The van der Waals surface area contributed by atoms with Gasteiger partial charge in [0.05, 0.1) is 6.61 Å². The van der Waals surface area contributed by atoms with Gasteiger partial charge >= 0.3 is 0 Å². The number of anilines is 2. The summed E-state index contributed by atoms with van der Waals surface area (Å²) in [6, 6.07) is 13.7. The van der Waals surface area contributed by atoms with Gasteiger partial charge in [0.2, 0.25) is 5.95 Å². The summed E-state index contributed by atoms with van der Waals surface area (Å²) >= 11 is 0. The van der Waals surface area contributed by atoms with E-state index in [1.165, 1.54) is 0 Å². The maximum Gasteiger partial charge on any atom is 0.229 e. The molecule has 3 aromatic rings. The highest BCUT2D eigenvalue weighted by molar-refractivity contribution is 5.55. The van der Waals surface area contributed by atoms with Crippen LogP contribution in [0.4, 0.5) is 11.6 Å². The number of rotatable bonds is 10. The molecular formula is C21H27N5O. The Morgan fingerprint density at radius 2 is 1.78 bits per heavy atom. The Hall–Kier alpha value is -2.86. The van der Waals surface area contributed by atoms with Crippen LogP contribution in [0.3, 0.4) is 0 Å². The summed E-state index contributed by atoms with van der Waals surface area (Å²) in [7, 11) is 0. The average Bonchev–Trinajstić information content (AvgIpc) is 3.25. The quantitative estimate of drug-likeness (QED) is 0.548. The molecule has 0 aliphatic rings. The fraction of sp³-hybridized carbons (Fsp3) is 0.333. The van der Waals surface area contributed by atoms with E-state index in [4.69, 9.17) is 4.74 Å². The highest BCUT2D eigenvalue weighted by atomic mass is 16.5.